The molecule has 0 atom stereocenters. The van der Waals surface area contributed by atoms with Gasteiger partial charge in [-0.1, -0.05) is 19.3 Å². The maximum atomic E-state index is 12.2. The van der Waals surface area contributed by atoms with E-state index in [0.717, 1.165) is 25.2 Å². The molecule has 0 bridgehead atoms. The van der Waals surface area contributed by atoms with Gasteiger partial charge in [-0.05, 0) is 38.8 Å². The number of hydrogen-bond donors (Lipinski definition) is 2. The molecule has 104 valence electrons. The molecule has 0 unspecified atom stereocenters. The topological polar surface area (TPSA) is 54.0 Å². The Morgan fingerprint density at radius 1 is 1.32 bits per heavy atom. The van der Waals surface area contributed by atoms with Crippen LogP contribution in [0.1, 0.15) is 56.3 Å². The highest BCUT2D eigenvalue weighted by Gasteiger charge is 2.28. The van der Waals surface area contributed by atoms with E-state index in [4.69, 9.17) is 0 Å². The lowest BCUT2D eigenvalue weighted by Gasteiger charge is -2.34. The molecule has 0 aromatic carbocycles. The Balaban J connectivity index is 1.99. The standard InChI is InChI=1S/C15H23N3O/c1-3-16-13-8-7-12(11-17-13)14(19)18-15(2)9-5-4-6-10-15/h7-8,11H,3-6,9-10H2,1-2H3,(H,16,17)(H,18,19). The van der Waals surface area contributed by atoms with Gasteiger partial charge in [0.05, 0.1) is 5.56 Å². The van der Waals surface area contributed by atoms with E-state index in [1.165, 1.54) is 19.3 Å². The zero-order valence-electron chi connectivity index (χ0n) is 11.8. The van der Waals surface area contributed by atoms with E-state index in [1.54, 1.807) is 6.20 Å². The number of nitrogens with one attached hydrogen (secondary N) is 2. The third-order valence-electron chi connectivity index (χ3n) is 3.76. The van der Waals surface area contributed by atoms with Crippen LogP contribution in [0.15, 0.2) is 18.3 Å². The molecule has 1 heterocycles. The van der Waals surface area contributed by atoms with Gasteiger partial charge in [0.25, 0.3) is 5.91 Å². The van der Waals surface area contributed by atoms with Crippen LogP contribution >= 0.6 is 0 Å². The van der Waals surface area contributed by atoms with Crippen molar-refractivity contribution in [3.05, 3.63) is 23.9 Å². The third-order valence-corrected chi connectivity index (χ3v) is 3.76. The van der Waals surface area contributed by atoms with Gasteiger partial charge in [0.15, 0.2) is 0 Å². The normalized spacial score (nSPS) is 17.8. The maximum Gasteiger partial charge on any atom is 0.253 e. The van der Waals surface area contributed by atoms with Crippen LogP contribution in [-0.2, 0) is 0 Å². The lowest BCUT2D eigenvalue weighted by Crippen LogP contribution is -2.47. The Hall–Kier alpha value is -1.58. The number of hydrogen-bond acceptors (Lipinski definition) is 3. The summed E-state index contributed by atoms with van der Waals surface area (Å²) in [7, 11) is 0. The molecule has 1 fully saturated rings. The van der Waals surface area contributed by atoms with Crippen molar-refractivity contribution < 1.29 is 4.79 Å². The van der Waals surface area contributed by atoms with Crippen molar-refractivity contribution in [2.24, 2.45) is 0 Å². The van der Waals surface area contributed by atoms with E-state index in [1.807, 2.05) is 19.1 Å². The molecule has 1 aromatic rings. The summed E-state index contributed by atoms with van der Waals surface area (Å²) < 4.78 is 0. The van der Waals surface area contributed by atoms with E-state index in [2.05, 4.69) is 22.5 Å². The molecule has 0 saturated heterocycles. The molecular formula is C15H23N3O. The molecule has 4 heteroatoms. The molecule has 1 aliphatic rings. The van der Waals surface area contributed by atoms with Gasteiger partial charge in [-0.25, -0.2) is 4.98 Å². The Bertz CT molecular complexity index is 422. The summed E-state index contributed by atoms with van der Waals surface area (Å²) in [5.74, 6) is 0.794. The van der Waals surface area contributed by atoms with Crippen LogP contribution in [0.4, 0.5) is 5.82 Å². The Morgan fingerprint density at radius 2 is 2.05 bits per heavy atom. The molecular weight excluding hydrogens is 238 g/mol. The summed E-state index contributed by atoms with van der Waals surface area (Å²) in [5.41, 5.74) is 0.587. The number of carbonyl (C=O) groups is 1. The van der Waals surface area contributed by atoms with Crippen LogP contribution in [0.2, 0.25) is 0 Å². The quantitative estimate of drug-likeness (QED) is 0.876. The predicted molar refractivity (Wildman–Crippen MR) is 77.4 cm³/mol. The zero-order chi connectivity index (χ0) is 13.7. The molecule has 2 N–H and O–H groups in total. The maximum absolute atomic E-state index is 12.2. The summed E-state index contributed by atoms with van der Waals surface area (Å²) in [6.07, 6.45) is 7.47. The minimum atomic E-state index is -0.0460. The van der Waals surface area contributed by atoms with Gasteiger partial charge in [-0.2, -0.15) is 0 Å². The fourth-order valence-corrected chi connectivity index (χ4v) is 2.62. The van der Waals surface area contributed by atoms with Crippen molar-refractivity contribution in [1.82, 2.24) is 10.3 Å². The first kappa shape index (κ1) is 13.8. The number of carbonyl (C=O) groups excluding carboxylic acids is 1. The third kappa shape index (κ3) is 3.69. The number of pyridine rings is 1. The van der Waals surface area contributed by atoms with Gasteiger partial charge in [0, 0.05) is 18.3 Å². The molecule has 4 nitrogen and oxygen atoms in total. The van der Waals surface area contributed by atoms with E-state index in [9.17, 15) is 4.79 Å². The molecule has 0 radical (unpaired) electrons. The van der Waals surface area contributed by atoms with Crippen molar-refractivity contribution >= 4 is 11.7 Å². The molecule has 1 aliphatic carbocycles. The molecule has 0 spiro atoms. The summed E-state index contributed by atoms with van der Waals surface area (Å²) in [4.78, 5) is 16.4. The highest BCUT2D eigenvalue weighted by molar-refractivity contribution is 5.94. The second-order valence-electron chi connectivity index (χ2n) is 5.54. The van der Waals surface area contributed by atoms with E-state index >= 15 is 0 Å². The number of rotatable bonds is 4. The van der Waals surface area contributed by atoms with Crippen LogP contribution in [0.5, 0.6) is 0 Å². The van der Waals surface area contributed by atoms with Crippen LogP contribution in [-0.4, -0.2) is 23.0 Å². The summed E-state index contributed by atoms with van der Waals surface area (Å²) in [6.45, 7) is 4.99. The molecule has 0 aliphatic heterocycles. The molecule has 1 aromatic heterocycles. The number of aromatic nitrogens is 1. The SMILES string of the molecule is CCNc1ccc(C(=O)NC2(C)CCCCC2)cn1. The van der Waals surface area contributed by atoms with Crippen LogP contribution in [0.3, 0.4) is 0 Å². The van der Waals surface area contributed by atoms with E-state index in [0.29, 0.717) is 5.56 Å². The van der Waals surface area contributed by atoms with E-state index in [-0.39, 0.29) is 11.4 Å². The first-order valence-corrected chi connectivity index (χ1v) is 7.15. The van der Waals surface area contributed by atoms with Gasteiger partial charge >= 0.3 is 0 Å². The fraction of sp³-hybridized carbons (Fsp3) is 0.600. The molecule has 19 heavy (non-hydrogen) atoms. The van der Waals surface area contributed by atoms with Gasteiger partial charge in [0.1, 0.15) is 5.82 Å². The minimum absolute atomic E-state index is 0.0139. The average molecular weight is 261 g/mol. The first-order valence-electron chi connectivity index (χ1n) is 7.15. The first-order chi connectivity index (χ1) is 9.13. The van der Waals surface area contributed by atoms with Gasteiger partial charge in [0.2, 0.25) is 0 Å². The second kappa shape index (κ2) is 6.04. The lowest BCUT2D eigenvalue weighted by molar-refractivity contribution is 0.0882. The van der Waals surface area contributed by atoms with Crippen molar-refractivity contribution in [2.45, 2.75) is 51.5 Å². The van der Waals surface area contributed by atoms with Crippen LogP contribution in [0.25, 0.3) is 0 Å². The van der Waals surface area contributed by atoms with Crippen molar-refractivity contribution in [1.29, 1.82) is 0 Å². The smallest absolute Gasteiger partial charge is 0.253 e. The minimum Gasteiger partial charge on any atom is -0.370 e. The van der Waals surface area contributed by atoms with Gasteiger partial charge in [-0.15, -0.1) is 0 Å². The molecule has 1 amide bonds. The monoisotopic (exact) mass is 261 g/mol. The number of nitrogens with zero attached hydrogens (tertiary/aromatic N) is 1. The summed E-state index contributed by atoms with van der Waals surface area (Å²) >= 11 is 0. The van der Waals surface area contributed by atoms with Crippen molar-refractivity contribution in [3.8, 4) is 0 Å². The van der Waals surface area contributed by atoms with Crippen LogP contribution < -0.4 is 10.6 Å². The van der Waals surface area contributed by atoms with E-state index < -0.39 is 0 Å². The predicted octanol–water partition coefficient (Wildman–Crippen LogP) is 2.97. The number of amides is 1. The van der Waals surface area contributed by atoms with Crippen molar-refractivity contribution in [3.63, 3.8) is 0 Å². The Morgan fingerprint density at radius 3 is 2.63 bits per heavy atom. The number of anilines is 1. The Labute approximate surface area is 115 Å². The molecule has 1 saturated carbocycles. The highest BCUT2D eigenvalue weighted by atomic mass is 16.1. The fourth-order valence-electron chi connectivity index (χ4n) is 2.62. The van der Waals surface area contributed by atoms with Gasteiger partial charge in [-0.3, -0.25) is 4.79 Å². The molecule has 2 rings (SSSR count). The largest absolute Gasteiger partial charge is 0.370 e. The highest BCUT2D eigenvalue weighted by Crippen LogP contribution is 2.27. The average Bonchev–Trinajstić information content (AvgIpc) is 2.40. The van der Waals surface area contributed by atoms with Crippen molar-refractivity contribution in [2.75, 3.05) is 11.9 Å². The summed E-state index contributed by atoms with van der Waals surface area (Å²) in [6, 6.07) is 3.67. The summed E-state index contributed by atoms with van der Waals surface area (Å²) in [5, 5.41) is 6.28. The zero-order valence-corrected chi connectivity index (χ0v) is 11.8. The lowest BCUT2D eigenvalue weighted by atomic mass is 9.83. The Kier molecular flexibility index (Phi) is 4.40. The second-order valence-corrected chi connectivity index (χ2v) is 5.54. The van der Waals surface area contributed by atoms with Crippen LogP contribution in [0, 0.1) is 0 Å². The van der Waals surface area contributed by atoms with Gasteiger partial charge < -0.3 is 10.6 Å².